The first kappa shape index (κ1) is 13.0. The summed E-state index contributed by atoms with van der Waals surface area (Å²) in [5.41, 5.74) is 2.75. The van der Waals surface area contributed by atoms with Gasteiger partial charge < -0.3 is 0 Å². The van der Waals surface area contributed by atoms with Gasteiger partial charge in [-0.2, -0.15) is 0 Å². The van der Waals surface area contributed by atoms with Crippen LogP contribution in [-0.4, -0.2) is 14.9 Å². The summed E-state index contributed by atoms with van der Waals surface area (Å²) in [5.74, 6) is -0.0163. The van der Waals surface area contributed by atoms with Gasteiger partial charge in [0.25, 0.3) is 5.69 Å². The number of halogens is 1. The van der Waals surface area contributed by atoms with E-state index < -0.39 is 4.92 Å². The summed E-state index contributed by atoms with van der Waals surface area (Å²) < 4.78 is 0. The standard InChI is InChI=1S/C14H12ClN3O2/c15-13-8-10(18(19)20)7-12(17-13)11-5-1-3-9-4-2-6-16-14(9)11/h2,4,6-8,11H,1,3,5H2. The molecule has 0 radical (unpaired) electrons. The third-order valence-electron chi connectivity index (χ3n) is 3.56. The highest BCUT2D eigenvalue weighted by Gasteiger charge is 2.26. The fourth-order valence-electron chi connectivity index (χ4n) is 2.68. The minimum absolute atomic E-state index is 0.0163. The number of hydrogen-bond donors (Lipinski definition) is 0. The van der Waals surface area contributed by atoms with Crippen LogP contribution in [0.15, 0.2) is 30.5 Å². The molecule has 0 saturated carbocycles. The molecule has 0 amide bonds. The highest BCUT2D eigenvalue weighted by atomic mass is 35.5. The zero-order valence-electron chi connectivity index (χ0n) is 10.6. The molecule has 1 aliphatic rings. The first-order chi connectivity index (χ1) is 9.65. The lowest BCUT2D eigenvalue weighted by Crippen LogP contribution is -2.14. The van der Waals surface area contributed by atoms with Crippen molar-refractivity contribution in [1.82, 2.24) is 9.97 Å². The quantitative estimate of drug-likeness (QED) is 0.482. The lowest BCUT2D eigenvalue weighted by atomic mass is 9.84. The van der Waals surface area contributed by atoms with E-state index in [1.54, 1.807) is 6.20 Å². The van der Waals surface area contributed by atoms with Crippen molar-refractivity contribution in [3.8, 4) is 0 Å². The van der Waals surface area contributed by atoms with Crippen LogP contribution in [0.2, 0.25) is 5.15 Å². The van der Waals surface area contributed by atoms with Crippen molar-refractivity contribution in [3.63, 3.8) is 0 Å². The topological polar surface area (TPSA) is 68.9 Å². The van der Waals surface area contributed by atoms with Gasteiger partial charge in [0.05, 0.1) is 22.4 Å². The Labute approximate surface area is 120 Å². The summed E-state index contributed by atoms with van der Waals surface area (Å²) in [5, 5.41) is 11.1. The van der Waals surface area contributed by atoms with Gasteiger partial charge in [0.15, 0.2) is 0 Å². The summed E-state index contributed by atoms with van der Waals surface area (Å²) in [6.45, 7) is 0. The molecule has 3 rings (SSSR count). The Kier molecular flexibility index (Phi) is 3.36. The minimum atomic E-state index is -0.445. The van der Waals surface area contributed by atoms with Gasteiger partial charge >= 0.3 is 0 Å². The molecule has 1 atom stereocenters. The van der Waals surface area contributed by atoms with E-state index in [0.717, 1.165) is 25.0 Å². The molecule has 0 aromatic carbocycles. The number of hydrogen-bond acceptors (Lipinski definition) is 4. The second-order valence-corrected chi connectivity index (χ2v) is 5.21. The molecule has 6 heteroatoms. The fourth-order valence-corrected chi connectivity index (χ4v) is 2.89. The predicted octanol–water partition coefficient (Wildman–Crippen LogP) is 3.51. The predicted molar refractivity (Wildman–Crippen MR) is 74.9 cm³/mol. The maximum Gasteiger partial charge on any atom is 0.274 e. The van der Waals surface area contributed by atoms with Gasteiger partial charge in [-0.15, -0.1) is 0 Å². The van der Waals surface area contributed by atoms with Crippen molar-refractivity contribution >= 4 is 17.3 Å². The molecule has 2 aromatic rings. The highest BCUT2D eigenvalue weighted by molar-refractivity contribution is 6.29. The van der Waals surface area contributed by atoms with Crippen LogP contribution < -0.4 is 0 Å². The molecule has 1 unspecified atom stereocenters. The molecule has 1 aliphatic carbocycles. The molecule has 2 heterocycles. The van der Waals surface area contributed by atoms with Crippen LogP contribution in [0, 0.1) is 10.1 Å². The molecule has 2 aromatic heterocycles. The van der Waals surface area contributed by atoms with E-state index in [0.29, 0.717) is 5.69 Å². The molecular formula is C14H12ClN3O2. The maximum absolute atomic E-state index is 10.9. The molecule has 0 bridgehead atoms. The van der Waals surface area contributed by atoms with E-state index in [2.05, 4.69) is 9.97 Å². The minimum Gasteiger partial charge on any atom is -0.260 e. The highest BCUT2D eigenvalue weighted by Crippen LogP contribution is 2.36. The number of rotatable bonds is 2. The molecule has 5 nitrogen and oxygen atoms in total. The van der Waals surface area contributed by atoms with E-state index in [1.165, 1.54) is 17.7 Å². The number of fused-ring (bicyclic) bond motifs is 1. The SMILES string of the molecule is O=[N+]([O-])c1cc(Cl)nc(C2CCCc3cccnc32)c1. The normalized spacial score (nSPS) is 17.6. The number of pyridine rings is 2. The van der Waals surface area contributed by atoms with Crippen molar-refractivity contribution in [3.05, 3.63) is 62.7 Å². The Balaban J connectivity index is 2.08. The van der Waals surface area contributed by atoms with Crippen molar-refractivity contribution in [2.75, 3.05) is 0 Å². The van der Waals surface area contributed by atoms with Crippen LogP contribution in [0.1, 0.15) is 35.7 Å². The fraction of sp³-hybridized carbons (Fsp3) is 0.286. The van der Waals surface area contributed by atoms with E-state index in [1.807, 2.05) is 12.1 Å². The smallest absolute Gasteiger partial charge is 0.260 e. The average Bonchev–Trinajstić information content (AvgIpc) is 2.46. The Morgan fingerprint density at radius 3 is 3.05 bits per heavy atom. The summed E-state index contributed by atoms with van der Waals surface area (Å²) in [7, 11) is 0. The van der Waals surface area contributed by atoms with Crippen LogP contribution in [-0.2, 0) is 6.42 Å². The van der Waals surface area contributed by atoms with Gasteiger partial charge in [-0.05, 0) is 30.9 Å². The second kappa shape index (κ2) is 5.17. The molecule has 0 saturated heterocycles. The lowest BCUT2D eigenvalue weighted by Gasteiger charge is -2.23. The van der Waals surface area contributed by atoms with Crippen LogP contribution >= 0.6 is 11.6 Å². The third kappa shape index (κ3) is 2.36. The Morgan fingerprint density at radius 2 is 2.25 bits per heavy atom. The van der Waals surface area contributed by atoms with Gasteiger partial charge in [0.2, 0.25) is 0 Å². The first-order valence-corrected chi connectivity index (χ1v) is 6.78. The van der Waals surface area contributed by atoms with E-state index in [4.69, 9.17) is 11.6 Å². The Hall–Kier alpha value is -2.01. The van der Waals surface area contributed by atoms with Gasteiger partial charge in [0, 0.05) is 18.2 Å². The second-order valence-electron chi connectivity index (χ2n) is 4.82. The molecule has 0 aliphatic heterocycles. The van der Waals surface area contributed by atoms with Gasteiger partial charge in [-0.1, -0.05) is 17.7 Å². The van der Waals surface area contributed by atoms with Crippen LogP contribution in [0.3, 0.4) is 0 Å². The van der Waals surface area contributed by atoms with Gasteiger partial charge in [-0.3, -0.25) is 15.1 Å². The van der Waals surface area contributed by atoms with Crippen LogP contribution in [0.4, 0.5) is 5.69 Å². The Bertz CT molecular complexity index is 675. The Morgan fingerprint density at radius 1 is 1.40 bits per heavy atom. The number of nitro groups is 1. The number of aromatic nitrogens is 2. The molecule has 102 valence electrons. The van der Waals surface area contributed by atoms with Crippen molar-refractivity contribution in [2.24, 2.45) is 0 Å². The van der Waals surface area contributed by atoms with Crippen molar-refractivity contribution in [1.29, 1.82) is 0 Å². The van der Waals surface area contributed by atoms with E-state index in [9.17, 15) is 10.1 Å². The molecular weight excluding hydrogens is 278 g/mol. The number of nitrogens with zero attached hydrogens (tertiary/aromatic N) is 3. The van der Waals surface area contributed by atoms with Crippen molar-refractivity contribution in [2.45, 2.75) is 25.2 Å². The summed E-state index contributed by atoms with van der Waals surface area (Å²) >= 11 is 5.90. The number of aryl methyl sites for hydroxylation is 1. The van der Waals surface area contributed by atoms with E-state index in [-0.39, 0.29) is 16.8 Å². The molecule has 0 fully saturated rings. The monoisotopic (exact) mass is 289 g/mol. The van der Waals surface area contributed by atoms with Crippen LogP contribution in [0.5, 0.6) is 0 Å². The lowest BCUT2D eigenvalue weighted by molar-refractivity contribution is -0.385. The zero-order chi connectivity index (χ0) is 14.1. The molecule has 0 N–H and O–H groups in total. The zero-order valence-corrected chi connectivity index (χ0v) is 11.4. The average molecular weight is 290 g/mol. The molecule has 20 heavy (non-hydrogen) atoms. The van der Waals surface area contributed by atoms with Gasteiger partial charge in [0.1, 0.15) is 5.15 Å². The first-order valence-electron chi connectivity index (χ1n) is 6.41. The maximum atomic E-state index is 10.9. The van der Waals surface area contributed by atoms with Crippen LogP contribution in [0.25, 0.3) is 0 Å². The largest absolute Gasteiger partial charge is 0.274 e. The summed E-state index contributed by atoms with van der Waals surface area (Å²) in [4.78, 5) is 19.2. The summed E-state index contributed by atoms with van der Waals surface area (Å²) in [6.07, 6.45) is 4.64. The van der Waals surface area contributed by atoms with Crippen molar-refractivity contribution < 1.29 is 4.92 Å². The summed E-state index contributed by atoms with van der Waals surface area (Å²) in [6, 6.07) is 6.73. The van der Waals surface area contributed by atoms with E-state index >= 15 is 0 Å². The third-order valence-corrected chi connectivity index (χ3v) is 3.76. The molecule has 0 spiro atoms. The van der Waals surface area contributed by atoms with Gasteiger partial charge in [-0.25, -0.2) is 4.98 Å².